The first kappa shape index (κ1) is 14.6. The van der Waals surface area contributed by atoms with Crippen LogP contribution in [-0.2, 0) is 6.42 Å². The molecule has 0 saturated carbocycles. The Labute approximate surface area is 126 Å². The van der Waals surface area contributed by atoms with Crippen molar-refractivity contribution in [2.75, 3.05) is 11.9 Å². The second-order valence-corrected chi connectivity index (χ2v) is 4.92. The Bertz CT molecular complexity index is 616. The third kappa shape index (κ3) is 3.82. The first-order chi connectivity index (χ1) is 9.56. The summed E-state index contributed by atoms with van der Waals surface area (Å²) in [6, 6.07) is 8.56. The second-order valence-electron chi connectivity index (χ2n) is 4.08. The number of carbonyl (C=O) groups excluding carboxylic acids is 1. The second kappa shape index (κ2) is 6.54. The minimum atomic E-state index is -0.600. The number of rotatable bonds is 5. The monoisotopic (exact) mass is 310 g/mol. The Balaban J connectivity index is 1.91. The summed E-state index contributed by atoms with van der Waals surface area (Å²) in [7, 11) is 0. The molecule has 1 amide bonds. The molecule has 1 aromatic heterocycles. The Kier molecular flexibility index (Phi) is 4.76. The first-order valence-corrected chi connectivity index (χ1v) is 6.63. The van der Waals surface area contributed by atoms with Crippen molar-refractivity contribution >= 4 is 34.9 Å². The van der Waals surface area contributed by atoms with Crippen LogP contribution in [0.4, 0.5) is 5.82 Å². The highest BCUT2D eigenvalue weighted by Crippen LogP contribution is 2.21. The van der Waals surface area contributed by atoms with Crippen LogP contribution in [0.3, 0.4) is 0 Å². The minimum absolute atomic E-state index is 0.135. The van der Waals surface area contributed by atoms with Gasteiger partial charge in [-0.15, -0.1) is 10.2 Å². The van der Waals surface area contributed by atoms with Gasteiger partial charge < -0.3 is 11.1 Å². The standard InChI is InChI=1S/C13H12Cl2N4O/c14-9-2-1-8(10(15)7-9)5-6-17-12-4-3-11(13(16)20)18-19-12/h1-4,7H,5-6H2,(H2,16,20)(H,17,19). The lowest BCUT2D eigenvalue weighted by Gasteiger charge is -2.07. The van der Waals surface area contributed by atoms with Gasteiger partial charge in [0, 0.05) is 16.6 Å². The molecule has 2 rings (SSSR count). The number of nitrogens with zero attached hydrogens (tertiary/aromatic N) is 2. The highest BCUT2D eigenvalue weighted by molar-refractivity contribution is 6.35. The molecule has 5 nitrogen and oxygen atoms in total. The van der Waals surface area contributed by atoms with Gasteiger partial charge in [-0.25, -0.2) is 0 Å². The van der Waals surface area contributed by atoms with E-state index in [4.69, 9.17) is 28.9 Å². The van der Waals surface area contributed by atoms with Crippen molar-refractivity contribution in [3.8, 4) is 0 Å². The van der Waals surface area contributed by atoms with Gasteiger partial charge in [0.05, 0.1) is 0 Å². The number of benzene rings is 1. The van der Waals surface area contributed by atoms with Crippen LogP contribution in [0, 0.1) is 0 Å². The van der Waals surface area contributed by atoms with E-state index in [9.17, 15) is 4.79 Å². The van der Waals surface area contributed by atoms with Crippen LogP contribution >= 0.6 is 23.2 Å². The van der Waals surface area contributed by atoms with E-state index in [1.807, 2.05) is 6.07 Å². The fourth-order valence-corrected chi connectivity index (χ4v) is 2.11. The molecule has 20 heavy (non-hydrogen) atoms. The summed E-state index contributed by atoms with van der Waals surface area (Å²) in [6.45, 7) is 0.631. The van der Waals surface area contributed by atoms with E-state index in [0.717, 1.165) is 12.0 Å². The molecular weight excluding hydrogens is 299 g/mol. The number of nitrogens with one attached hydrogen (secondary N) is 1. The molecule has 1 heterocycles. The van der Waals surface area contributed by atoms with Crippen LogP contribution in [-0.4, -0.2) is 22.6 Å². The van der Waals surface area contributed by atoms with E-state index in [-0.39, 0.29) is 5.69 Å². The van der Waals surface area contributed by atoms with E-state index < -0.39 is 5.91 Å². The van der Waals surface area contributed by atoms with E-state index in [0.29, 0.717) is 22.4 Å². The Morgan fingerprint density at radius 2 is 2.00 bits per heavy atom. The minimum Gasteiger partial charge on any atom is -0.368 e. The Morgan fingerprint density at radius 3 is 2.60 bits per heavy atom. The number of primary amides is 1. The molecule has 0 aliphatic carbocycles. The maximum atomic E-state index is 10.9. The van der Waals surface area contributed by atoms with Gasteiger partial charge in [-0.1, -0.05) is 29.3 Å². The van der Waals surface area contributed by atoms with Crippen LogP contribution in [0.2, 0.25) is 10.0 Å². The van der Waals surface area contributed by atoms with Crippen LogP contribution < -0.4 is 11.1 Å². The zero-order valence-electron chi connectivity index (χ0n) is 10.4. The third-order valence-corrected chi connectivity index (χ3v) is 3.22. The van der Waals surface area contributed by atoms with Crippen LogP contribution in [0.5, 0.6) is 0 Å². The first-order valence-electron chi connectivity index (χ1n) is 5.87. The lowest BCUT2D eigenvalue weighted by Crippen LogP contribution is -2.14. The van der Waals surface area contributed by atoms with Gasteiger partial charge >= 0.3 is 0 Å². The number of hydrogen-bond donors (Lipinski definition) is 2. The molecule has 0 unspecified atom stereocenters. The number of halogens is 2. The molecule has 0 spiro atoms. The lowest BCUT2D eigenvalue weighted by atomic mass is 10.1. The average Bonchev–Trinajstić information content (AvgIpc) is 2.42. The topological polar surface area (TPSA) is 80.9 Å². The summed E-state index contributed by atoms with van der Waals surface area (Å²) < 4.78 is 0. The van der Waals surface area contributed by atoms with Crippen molar-refractivity contribution in [2.24, 2.45) is 5.73 Å². The van der Waals surface area contributed by atoms with Crippen molar-refractivity contribution in [1.29, 1.82) is 0 Å². The number of nitrogens with two attached hydrogens (primary N) is 1. The summed E-state index contributed by atoms with van der Waals surface area (Å²) in [6.07, 6.45) is 0.718. The smallest absolute Gasteiger partial charge is 0.269 e. The number of amides is 1. The Hall–Kier alpha value is -1.85. The van der Waals surface area contributed by atoms with Gasteiger partial charge in [0.15, 0.2) is 5.69 Å². The maximum absolute atomic E-state index is 10.9. The molecule has 1 aromatic carbocycles. The highest BCUT2D eigenvalue weighted by atomic mass is 35.5. The normalized spacial score (nSPS) is 10.3. The molecule has 104 valence electrons. The molecule has 0 radical (unpaired) electrons. The molecule has 0 fully saturated rings. The zero-order valence-corrected chi connectivity index (χ0v) is 11.9. The number of aromatic nitrogens is 2. The average molecular weight is 311 g/mol. The van der Waals surface area contributed by atoms with Gasteiger partial charge in [0.25, 0.3) is 5.91 Å². The Morgan fingerprint density at radius 1 is 1.20 bits per heavy atom. The molecule has 0 aliphatic heterocycles. The van der Waals surface area contributed by atoms with Crippen molar-refractivity contribution in [3.05, 3.63) is 51.6 Å². The molecule has 0 saturated heterocycles. The van der Waals surface area contributed by atoms with Gasteiger partial charge in [-0.05, 0) is 36.2 Å². The van der Waals surface area contributed by atoms with E-state index >= 15 is 0 Å². The molecular formula is C13H12Cl2N4O. The molecule has 7 heteroatoms. The largest absolute Gasteiger partial charge is 0.368 e. The fourth-order valence-electron chi connectivity index (χ4n) is 1.61. The third-order valence-electron chi connectivity index (χ3n) is 2.63. The van der Waals surface area contributed by atoms with Gasteiger partial charge in [0.2, 0.25) is 0 Å². The highest BCUT2D eigenvalue weighted by Gasteiger charge is 2.04. The van der Waals surface area contributed by atoms with E-state index in [2.05, 4.69) is 15.5 Å². The van der Waals surface area contributed by atoms with Crippen molar-refractivity contribution in [2.45, 2.75) is 6.42 Å². The van der Waals surface area contributed by atoms with Crippen LogP contribution in [0.25, 0.3) is 0 Å². The fraction of sp³-hybridized carbons (Fsp3) is 0.154. The van der Waals surface area contributed by atoms with Crippen molar-refractivity contribution in [1.82, 2.24) is 10.2 Å². The van der Waals surface area contributed by atoms with Crippen molar-refractivity contribution < 1.29 is 4.79 Å². The maximum Gasteiger partial charge on any atom is 0.269 e. The quantitative estimate of drug-likeness (QED) is 0.889. The SMILES string of the molecule is NC(=O)c1ccc(NCCc2ccc(Cl)cc2Cl)nn1. The van der Waals surface area contributed by atoms with Gasteiger partial charge in [-0.3, -0.25) is 4.79 Å². The summed E-state index contributed by atoms with van der Waals surface area (Å²) in [4.78, 5) is 10.9. The van der Waals surface area contributed by atoms with Crippen LogP contribution in [0.1, 0.15) is 16.1 Å². The molecule has 0 atom stereocenters. The summed E-state index contributed by atoms with van der Waals surface area (Å²) >= 11 is 11.9. The lowest BCUT2D eigenvalue weighted by molar-refractivity contribution is 0.0994. The molecule has 0 bridgehead atoms. The van der Waals surface area contributed by atoms with Crippen molar-refractivity contribution in [3.63, 3.8) is 0 Å². The number of carbonyl (C=O) groups is 1. The summed E-state index contributed by atoms with van der Waals surface area (Å²) in [5.41, 5.74) is 6.21. The molecule has 2 aromatic rings. The van der Waals surface area contributed by atoms with Gasteiger partial charge in [0.1, 0.15) is 5.82 Å². The van der Waals surface area contributed by atoms with E-state index in [1.54, 1.807) is 18.2 Å². The van der Waals surface area contributed by atoms with Gasteiger partial charge in [-0.2, -0.15) is 0 Å². The predicted octanol–water partition coefficient (Wildman–Crippen LogP) is 2.54. The number of hydrogen-bond acceptors (Lipinski definition) is 4. The molecule has 0 aliphatic rings. The predicted molar refractivity (Wildman–Crippen MR) is 79.2 cm³/mol. The molecule has 3 N–H and O–H groups in total. The summed E-state index contributed by atoms with van der Waals surface area (Å²) in [5, 5.41) is 11.9. The number of anilines is 1. The van der Waals surface area contributed by atoms with E-state index in [1.165, 1.54) is 6.07 Å². The zero-order chi connectivity index (χ0) is 14.5. The van der Waals surface area contributed by atoms with Crippen LogP contribution in [0.15, 0.2) is 30.3 Å². The summed E-state index contributed by atoms with van der Waals surface area (Å²) in [5.74, 6) is -0.0305.